The first kappa shape index (κ1) is 11.8. The predicted molar refractivity (Wildman–Crippen MR) is 62.0 cm³/mol. The molecule has 0 aromatic heterocycles. The number of sulfone groups is 1. The van der Waals surface area contributed by atoms with Crippen LogP contribution in [0.1, 0.15) is 6.92 Å². The van der Waals surface area contributed by atoms with Crippen molar-refractivity contribution in [3.8, 4) is 5.75 Å². The molecular weight excluding hydrogens is 245 g/mol. The van der Waals surface area contributed by atoms with Crippen molar-refractivity contribution in [3.63, 3.8) is 0 Å². The Kier molecular flexibility index (Phi) is 2.97. The number of halogens is 1. The van der Waals surface area contributed by atoms with Crippen LogP contribution in [0.15, 0.2) is 40.4 Å². The summed E-state index contributed by atoms with van der Waals surface area (Å²) in [5.41, 5.74) is 0.419. The molecule has 0 unspecified atom stereocenters. The van der Waals surface area contributed by atoms with Gasteiger partial charge in [0, 0.05) is 6.07 Å². The topological polar surface area (TPSA) is 55.7 Å². The molecule has 0 radical (unpaired) electrons. The van der Waals surface area contributed by atoms with Gasteiger partial charge in [0.05, 0.1) is 11.1 Å². The molecule has 0 amide bonds. The van der Waals surface area contributed by atoms with Crippen LogP contribution in [-0.4, -0.2) is 20.1 Å². The highest BCUT2D eigenvalue weighted by molar-refractivity contribution is 8.09. The lowest BCUT2D eigenvalue weighted by molar-refractivity contribution is 0.376. The SMILES string of the molecule is CC1=CS(=O)(=O)C(COc2cccc(F)c2)=N1. The number of aliphatic imine (C=N–C) groups is 1. The van der Waals surface area contributed by atoms with E-state index in [0.717, 1.165) is 5.41 Å². The Hall–Kier alpha value is -1.69. The summed E-state index contributed by atoms with van der Waals surface area (Å²) in [4.78, 5) is 3.85. The van der Waals surface area contributed by atoms with Crippen LogP contribution in [0.25, 0.3) is 0 Å². The maximum atomic E-state index is 12.8. The minimum Gasteiger partial charge on any atom is -0.486 e. The van der Waals surface area contributed by atoms with E-state index in [2.05, 4.69) is 4.99 Å². The highest BCUT2D eigenvalue weighted by Crippen LogP contribution is 2.16. The molecule has 1 heterocycles. The number of rotatable bonds is 3. The molecule has 1 aromatic rings. The average Bonchev–Trinajstić information content (AvgIpc) is 2.48. The van der Waals surface area contributed by atoms with Gasteiger partial charge in [-0.1, -0.05) is 6.07 Å². The van der Waals surface area contributed by atoms with Gasteiger partial charge in [-0.05, 0) is 19.1 Å². The molecule has 0 fully saturated rings. The molecule has 2 rings (SSSR count). The molecule has 1 aromatic carbocycles. The first-order chi connectivity index (χ1) is 7.97. The zero-order chi connectivity index (χ0) is 12.5. The van der Waals surface area contributed by atoms with Crippen molar-refractivity contribution in [3.05, 3.63) is 41.2 Å². The van der Waals surface area contributed by atoms with Crippen LogP contribution in [0, 0.1) is 5.82 Å². The Labute approximate surface area is 98.4 Å². The van der Waals surface area contributed by atoms with Gasteiger partial charge in [0.1, 0.15) is 18.2 Å². The predicted octanol–water partition coefficient (Wildman–Crippen LogP) is 1.89. The zero-order valence-corrected chi connectivity index (χ0v) is 9.87. The molecule has 0 saturated carbocycles. The van der Waals surface area contributed by atoms with E-state index in [9.17, 15) is 12.8 Å². The maximum absolute atomic E-state index is 12.8. The fourth-order valence-electron chi connectivity index (χ4n) is 1.40. The highest BCUT2D eigenvalue weighted by Gasteiger charge is 2.23. The molecule has 0 saturated heterocycles. The monoisotopic (exact) mass is 255 g/mol. The van der Waals surface area contributed by atoms with Crippen molar-refractivity contribution in [2.75, 3.05) is 6.61 Å². The van der Waals surface area contributed by atoms with Crippen LogP contribution >= 0.6 is 0 Å². The molecule has 0 atom stereocenters. The first-order valence-electron chi connectivity index (χ1n) is 4.87. The molecular formula is C11H10FNO3S. The highest BCUT2D eigenvalue weighted by atomic mass is 32.2. The fourth-order valence-corrected chi connectivity index (χ4v) is 2.53. The van der Waals surface area contributed by atoms with Crippen molar-refractivity contribution < 1.29 is 17.5 Å². The number of ether oxygens (including phenoxy) is 1. The van der Waals surface area contributed by atoms with E-state index in [1.165, 1.54) is 18.2 Å². The van der Waals surface area contributed by atoms with Crippen LogP contribution in [0.4, 0.5) is 4.39 Å². The summed E-state index contributed by atoms with van der Waals surface area (Å²) in [5.74, 6) is -0.166. The normalized spacial score (nSPS) is 17.5. The Morgan fingerprint density at radius 2 is 2.18 bits per heavy atom. The molecule has 1 aliphatic heterocycles. The molecule has 0 spiro atoms. The number of hydrogen-bond donors (Lipinski definition) is 0. The van der Waals surface area contributed by atoms with E-state index >= 15 is 0 Å². The van der Waals surface area contributed by atoms with Gasteiger partial charge in [-0.3, -0.25) is 0 Å². The summed E-state index contributed by atoms with van der Waals surface area (Å²) in [6.07, 6.45) is 0. The minimum absolute atomic E-state index is 0.0562. The van der Waals surface area contributed by atoms with Gasteiger partial charge in [0.25, 0.3) is 0 Å². The molecule has 1 aliphatic rings. The quantitative estimate of drug-likeness (QED) is 0.828. The van der Waals surface area contributed by atoms with Gasteiger partial charge < -0.3 is 4.74 Å². The van der Waals surface area contributed by atoms with Crippen LogP contribution < -0.4 is 4.74 Å². The lowest BCUT2D eigenvalue weighted by Crippen LogP contribution is -2.17. The third-order valence-corrected chi connectivity index (χ3v) is 3.63. The smallest absolute Gasteiger partial charge is 0.218 e. The Balaban J connectivity index is 2.08. The van der Waals surface area contributed by atoms with E-state index in [1.807, 2.05) is 0 Å². The molecule has 90 valence electrons. The van der Waals surface area contributed by atoms with Crippen LogP contribution in [0.2, 0.25) is 0 Å². The van der Waals surface area contributed by atoms with Crippen molar-refractivity contribution in [2.45, 2.75) is 6.92 Å². The van der Waals surface area contributed by atoms with E-state index in [-0.39, 0.29) is 17.4 Å². The lowest BCUT2D eigenvalue weighted by Gasteiger charge is -2.05. The van der Waals surface area contributed by atoms with E-state index in [0.29, 0.717) is 5.70 Å². The number of nitrogens with zero attached hydrogens (tertiary/aromatic N) is 1. The Morgan fingerprint density at radius 1 is 1.41 bits per heavy atom. The minimum atomic E-state index is -3.45. The summed E-state index contributed by atoms with van der Waals surface area (Å²) in [7, 11) is -3.45. The van der Waals surface area contributed by atoms with Crippen molar-refractivity contribution in [1.82, 2.24) is 0 Å². The summed E-state index contributed by atoms with van der Waals surface area (Å²) < 4.78 is 41.0. The van der Waals surface area contributed by atoms with Gasteiger partial charge in [-0.15, -0.1) is 0 Å². The number of allylic oxidation sites excluding steroid dienone is 1. The maximum Gasteiger partial charge on any atom is 0.218 e. The molecule has 0 aliphatic carbocycles. The summed E-state index contributed by atoms with van der Waals surface area (Å²) >= 11 is 0. The Bertz CT molecular complexity index is 605. The van der Waals surface area contributed by atoms with Gasteiger partial charge in [0.15, 0.2) is 5.04 Å². The van der Waals surface area contributed by atoms with Crippen LogP contribution in [-0.2, 0) is 9.84 Å². The standard InChI is InChI=1S/C11H10FNO3S/c1-8-7-17(14,15)11(13-8)6-16-10-4-2-3-9(12)5-10/h2-5,7H,6H2,1H3. The molecule has 4 nitrogen and oxygen atoms in total. The van der Waals surface area contributed by atoms with Gasteiger partial charge >= 0.3 is 0 Å². The molecule has 0 bridgehead atoms. The first-order valence-corrected chi connectivity index (χ1v) is 6.41. The van der Waals surface area contributed by atoms with Gasteiger partial charge in [0.2, 0.25) is 9.84 Å². The fraction of sp³-hybridized carbons (Fsp3) is 0.182. The summed E-state index contributed by atoms with van der Waals surface area (Å²) in [5, 5.41) is 1.02. The average molecular weight is 255 g/mol. The van der Waals surface area contributed by atoms with E-state index in [4.69, 9.17) is 4.74 Å². The molecule has 17 heavy (non-hydrogen) atoms. The van der Waals surface area contributed by atoms with E-state index in [1.54, 1.807) is 13.0 Å². The zero-order valence-electron chi connectivity index (χ0n) is 9.05. The Morgan fingerprint density at radius 3 is 2.76 bits per heavy atom. The van der Waals surface area contributed by atoms with Gasteiger partial charge in [-0.2, -0.15) is 0 Å². The van der Waals surface area contributed by atoms with Crippen molar-refractivity contribution in [2.24, 2.45) is 4.99 Å². The largest absolute Gasteiger partial charge is 0.486 e. The lowest BCUT2D eigenvalue weighted by atomic mass is 10.3. The molecule has 0 N–H and O–H groups in total. The number of hydrogen-bond acceptors (Lipinski definition) is 4. The van der Waals surface area contributed by atoms with Gasteiger partial charge in [-0.25, -0.2) is 17.8 Å². The summed E-state index contributed by atoms with van der Waals surface area (Å²) in [6.45, 7) is 1.40. The van der Waals surface area contributed by atoms with Crippen LogP contribution in [0.5, 0.6) is 5.75 Å². The second-order valence-corrected chi connectivity index (χ2v) is 5.35. The summed E-state index contributed by atoms with van der Waals surface area (Å²) in [6, 6.07) is 5.50. The third kappa shape index (κ3) is 2.71. The van der Waals surface area contributed by atoms with Crippen molar-refractivity contribution >= 4 is 14.9 Å². The molecule has 6 heteroatoms. The van der Waals surface area contributed by atoms with Crippen molar-refractivity contribution in [1.29, 1.82) is 0 Å². The number of benzene rings is 1. The van der Waals surface area contributed by atoms with Crippen LogP contribution in [0.3, 0.4) is 0 Å². The van der Waals surface area contributed by atoms with E-state index < -0.39 is 15.7 Å². The second kappa shape index (κ2) is 4.29. The third-order valence-electron chi connectivity index (χ3n) is 2.11. The second-order valence-electron chi connectivity index (χ2n) is 3.56.